The Hall–Kier alpha value is -3.84. The topological polar surface area (TPSA) is 88.1 Å². The van der Waals surface area contributed by atoms with Crippen LogP contribution in [0.15, 0.2) is 84.9 Å². The number of likely N-dealkylation sites (tertiary alicyclic amines) is 1. The first-order valence-electron chi connectivity index (χ1n) is 10.8. The smallest absolute Gasteiger partial charge is 0.410 e. The van der Waals surface area contributed by atoms with Crippen LogP contribution in [0.5, 0.6) is 5.75 Å². The van der Waals surface area contributed by atoms with Crippen LogP contribution in [-0.4, -0.2) is 47.2 Å². The molecule has 0 aliphatic carbocycles. The summed E-state index contributed by atoms with van der Waals surface area (Å²) in [6, 6.07) is 25.4. The van der Waals surface area contributed by atoms with E-state index in [1.54, 1.807) is 24.3 Å². The zero-order chi connectivity index (χ0) is 23.0. The molecule has 0 saturated carbocycles. The summed E-state index contributed by atoms with van der Waals surface area (Å²) >= 11 is 0. The summed E-state index contributed by atoms with van der Waals surface area (Å²) in [4.78, 5) is 26.7. The molecule has 1 saturated heterocycles. The van der Waals surface area contributed by atoms with Gasteiger partial charge in [0.25, 0.3) is 5.91 Å². The molecular weight excluding hydrogens is 420 g/mol. The summed E-state index contributed by atoms with van der Waals surface area (Å²) in [5.41, 5.74) is 2.23. The molecule has 3 aromatic carbocycles. The maximum absolute atomic E-state index is 12.9. The van der Waals surface area contributed by atoms with Gasteiger partial charge < -0.3 is 24.8 Å². The minimum atomic E-state index is -0.893. The molecule has 170 valence electrons. The highest BCUT2D eigenvalue weighted by Crippen LogP contribution is 2.21. The van der Waals surface area contributed by atoms with Crippen molar-refractivity contribution in [3.63, 3.8) is 0 Å². The monoisotopic (exact) mass is 446 g/mol. The van der Waals surface area contributed by atoms with Crippen LogP contribution in [0.3, 0.4) is 0 Å². The highest BCUT2D eigenvalue weighted by Gasteiger charge is 2.36. The average molecular weight is 447 g/mol. The summed E-state index contributed by atoms with van der Waals surface area (Å²) in [5, 5.41) is 13.2. The molecule has 2 atom stereocenters. The Kier molecular flexibility index (Phi) is 7.22. The summed E-state index contributed by atoms with van der Waals surface area (Å²) in [5.74, 6) is 0.0766. The van der Waals surface area contributed by atoms with E-state index in [1.807, 2.05) is 60.7 Å². The van der Waals surface area contributed by atoms with Crippen LogP contribution < -0.4 is 10.1 Å². The van der Waals surface area contributed by atoms with Crippen molar-refractivity contribution < 1.29 is 24.2 Å². The van der Waals surface area contributed by atoms with Gasteiger partial charge in [-0.05, 0) is 23.3 Å². The van der Waals surface area contributed by atoms with Crippen LogP contribution in [0, 0.1) is 0 Å². The molecule has 3 aromatic rings. The molecule has 1 fully saturated rings. The van der Waals surface area contributed by atoms with E-state index in [4.69, 9.17) is 9.47 Å². The first-order chi connectivity index (χ1) is 16.1. The molecule has 4 rings (SSSR count). The van der Waals surface area contributed by atoms with Gasteiger partial charge in [-0.2, -0.15) is 0 Å². The van der Waals surface area contributed by atoms with Crippen molar-refractivity contribution in [2.75, 3.05) is 13.1 Å². The Morgan fingerprint density at radius 1 is 0.848 bits per heavy atom. The largest absolute Gasteiger partial charge is 0.488 e. The average Bonchev–Trinajstić information content (AvgIpc) is 3.22. The van der Waals surface area contributed by atoms with E-state index in [1.165, 1.54) is 4.90 Å². The van der Waals surface area contributed by atoms with Crippen molar-refractivity contribution >= 4 is 12.0 Å². The highest BCUT2D eigenvalue weighted by atomic mass is 16.6. The second-order valence-electron chi connectivity index (χ2n) is 7.86. The molecule has 2 amide bonds. The Morgan fingerprint density at radius 3 is 2.15 bits per heavy atom. The van der Waals surface area contributed by atoms with Gasteiger partial charge in [0.15, 0.2) is 0 Å². The number of β-amino-alcohol motifs (C(OH)–C–C–N with tert-alkyl or cyclic N) is 1. The molecular formula is C26H26N2O5. The van der Waals surface area contributed by atoms with E-state index >= 15 is 0 Å². The number of aliphatic hydroxyl groups excluding tert-OH is 1. The van der Waals surface area contributed by atoms with Gasteiger partial charge in [-0.3, -0.25) is 4.79 Å². The minimum absolute atomic E-state index is 0.0880. The molecule has 33 heavy (non-hydrogen) atoms. The Morgan fingerprint density at radius 2 is 1.45 bits per heavy atom. The first kappa shape index (κ1) is 22.4. The van der Waals surface area contributed by atoms with E-state index in [-0.39, 0.29) is 25.6 Å². The standard InChI is InChI=1S/C26H26N2O5/c29-23-16-28(26(31)33-18-20-11-5-2-6-12-20)15-22(23)27-25(30)21-13-7-8-14-24(21)32-17-19-9-3-1-4-10-19/h1-14,22-23,29H,15-18H2,(H,27,30). The number of benzene rings is 3. The minimum Gasteiger partial charge on any atom is -0.488 e. The number of hydrogen-bond donors (Lipinski definition) is 2. The lowest BCUT2D eigenvalue weighted by Gasteiger charge is -2.18. The molecule has 0 aromatic heterocycles. The number of nitrogens with zero attached hydrogens (tertiary/aromatic N) is 1. The number of para-hydroxylation sites is 1. The van der Waals surface area contributed by atoms with Gasteiger partial charge in [0.05, 0.1) is 24.3 Å². The van der Waals surface area contributed by atoms with Gasteiger partial charge in [0.1, 0.15) is 19.0 Å². The van der Waals surface area contributed by atoms with E-state index in [9.17, 15) is 14.7 Å². The fraction of sp³-hybridized carbons (Fsp3) is 0.231. The van der Waals surface area contributed by atoms with Crippen molar-refractivity contribution in [1.82, 2.24) is 10.2 Å². The van der Waals surface area contributed by atoms with Gasteiger partial charge in [-0.25, -0.2) is 4.79 Å². The van der Waals surface area contributed by atoms with E-state index in [0.29, 0.717) is 17.9 Å². The van der Waals surface area contributed by atoms with Crippen molar-refractivity contribution in [3.05, 3.63) is 102 Å². The molecule has 0 radical (unpaired) electrons. The fourth-order valence-electron chi connectivity index (χ4n) is 3.65. The van der Waals surface area contributed by atoms with Crippen molar-refractivity contribution in [2.45, 2.75) is 25.4 Å². The predicted molar refractivity (Wildman–Crippen MR) is 123 cm³/mol. The number of carbonyl (C=O) groups is 2. The molecule has 1 heterocycles. The molecule has 0 spiro atoms. The van der Waals surface area contributed by atoms with Crippen molar-refractivity contribution in [1.29, 1.82) is 0 Å². The van der Waals surface area contributed by atoms with E-state index < -0.39 is 18.2 Å². The lowest BCUT2D eigenvalue weighted by atomic mass is 10.1. The number of rotatable bonds is 7. The number of nitrogens with one attached hydrogen (secondary N) is 1. The third-order valence-corrected chi connectivity index (χ3v) is 5.44. The number of aliphatic hydroxyl groups is 1. The van der Waals surface area contributed by atoms with Crippen LogP contribution >= 0.6 is 0 Å². The third-order valence-electron chi connectivity index (χ3n) is 5.44. The maximum Gasteiger partial charge on any atom is 0.410 e. The lowest BCUT2D eigenvalue weighted by Crippen LogP contribution is -2.43. The molecule has 1 aliphatic heterocycles. The Bertz CT molecular complexity index is 1070. The zero-order valence-corrected chi connectivity index (χ0v) is 18.1. The van der Waals surface area contributed by atoms with Crippen LogP contribution in [0.4, 0.5) is 4.79 Å². The van der Waals surface area contributed by atoms with Crippen molar-refractivity contribution in [3.8, 4) is 5.75 Å². The second-order valence-corrected chi connectivity index (χ2v) is 7.86. The summed E-state index contributed by atoms with van der Waals surface area (Å²) in [6.07, 6.45) is -1.42. The van der Waals surface area contributed by atoms with Crippen molar-refractivity contribution in [2.24, 2.45) is 0 Å². The van der Waals surface area contributed by atoms with Gasteiger partial charge in [-0.1, -0.05) is 72.8 Å². The molecule has 2 N–H and O–H groups in total. The van der Waals surface area contributed by atoms with Gasteiger partial charge >= 0.3 is 6.09 Å². The van der Waals surface area contributed by atoms with Crippen LogP contribution in [-0.2, 0) is 18.0 Å². The number of amides is 2. The van der Waals surface area contributed by atoms with Gasteiger partial charge in [0.2, 0.25) is 0 Å². The molecule has 2 unspecified atom stereocenters. The number of ether oxygens (including phenoxy) is 2. The SMILES string of the molecule is O=C(NC1CN(C(=O)OCc2ccccc2)CC1O)c1ccccc1OCc1ccccc1. The quantitative estimate of drug-likeness (QED) is 0.581. The molecule has 1 aliphatic rings. The normalized spacial score (nSPS) is 17.4. The Labute approximate surface area is 192 Å². The lowest BCUT2D eigenvalue weighted by molar-refractivity contribution is 0.0883. The molecule has 7 nitrogen and oxygen atoms in total. The van der Waals surface area contributed by atoms with Crippen LogP contribution in [0.2, 0.25) is 0 Å². The number of carbonyl (C=O) groups excluding carboxylic acids is 2. The summed E-state index contributed by atoms with van der Waals surface area (Å²) in [6.45, 7) is 0.728. The Balaban J connectivity index is 1.33. The van der Waals surface area contributed by atoms with E-state index in [2.05, 4.69) is 5.32 Å². The molecule has 0 bridgehead atoms. The molecule has 7 heteroatoms. The van der Waals surface area contributed by atoms with Gasteiger partial charge in [-0.15, -0.1) is 0 Å². The van der Waals surface area contributed by atoms with E-state index in [0.717, 1.165) is 11.1 Å². The third kappa shape index (κ3) is 5.90. The summed E-state index contributed by atoms with van der Waals surface area (Å²) < 4.78 is 11.2. The number of hydrogen-bond acceptors (Lipinski definition) is 5. The zero-order valence-electron chi connectivity index (χ0n) is 18.1. The first-order valence-corrected chi connectivity index (χ1v) is 10.8. The van der Waals surface area contributed by atoms with Crippen LogP contribution in [0.25, 0.3) is 0 Å². The van der Waals surface area contributed by atoms with Gasteiger partial charge in [0, 0.05) is 6.54 Å². The summed E-state index contributed by atoms with van der Waals surface area (Å²) in [7, 11) is 0. The predicted octanol–water partition coefficient (Wildman–Crippen LogP) is 3.38. The second kappa shape index (κ2) is 10.7. The fourth-order valence-corrected chi connectivity index (χ4v) is 3.65. The highest BCUT2D eigenvalue weighted by molar-refractivity contribution is 5.97. The maximum atomic E-state index is 12.9. The van der Waals surface area contributed by atoms with Crippen LogP contribution in [0.1, 0.15) is 21.5 Å².